The van der Waals surface area contributed by atoms with E-state index in [1.807, 2.05) is 31.2 Å². The maximum atomic E-state index is 10.7. The molecule has 1 aromatic carbocycles. The Bertz CT molecular complexity index is 456. The van der Waals surface area contributed by atoms with Crippen molar-refractivity contribution >= 4 is 21.9 Å². The van der Waals surface area contributed by atoms with Gasteiger partial charge in [-0.1, -0.05) is 35.0 Å². The lowest BCUT2D eigenvalue weighted by molar-refractivity contribution is 0.0423. The maximum Gasteiger partial charge on any atom is 0.188 e. The minimum Gasteiger partial charge on any atom is -0.383 e. The zero-order valence-corrected chi connectivity index (χ0v) is 12.7. The van der Waals surface area contributed by atoms with Crippen molar-refractivity contribution in [3.63, 3.8) is 0 Å². The van der Waals surface area contributed by atoms with Crippen molar-refractivity contribution in [2.24, 2.45) is 10.7 Å². The van der Waals surface area contributed by atoms with Gasteiger partial charge in [0.1, 0.15) is 5.60 Å². The van der Waals surface area contributed by atoms with Crippen molar-refractivity contribution in [2.75, 3.05) is 6.54 Å². The molecule has 0 spiro atoms. The number of hydrogen-bond acceptors (Lipinski definition) is 2. The van der Waals surface area contributed by atoms with Crippen molar-refractivity contribution in [1.29, 1.82) is 0 Å². The Morgan fingerprint density at radius 2 is 2.11 bits per heavy atom. The van der Waals surface area contributed by atoms with Crippen LogP contribution >= 0.6 is 15.9 Å². The van der Waals surface area contributed by atoms with Crippen LogP contribution in [0.4, 0.5) is 0 Å². The lowest BCUT2D eigenvalue weighted by atomic mass is 9.91. The number of aliphatic hydroxyl groups is 1. The Labute approximate surface area is 122 Å². The summed E-state index contributed by atoms with van der Waals surface area (Å²) < 4.78 is 0.994. The summed E-state index contributed by atoms with van der Waals surface area (Å²) in [6.07, 6.45) is 2.90. The summed E-state index contributed by atoms with van der Waals surface area (Å²) in [5, 5.41) is 13.8. The van der Waals surface area contributed by atoms with Gasteiger partial charge in [-0.3, -0.25) is 4.99 Å². The van der Waals surface area contributed by atoms with Gasteiger partial charge in [-0.2, -0.15) is 0 Å². The first-order valence-electron chi connectivity index (χ1n) is 6.58. The Hall–Kier alpha value is -1.07. The molecule has 104 valence electrons. The van der Waals surface area contributed by atoms with Gasteiger partial charge in [-0.15, -0.1) is 0 Å². The molecule has 0 aliphatic heterocycles. The molecule has 19 heavy (non-hydrogen) atoms. The van der Waals surface area contributed by atoms with Gasteiger partial charge in [0.2, 0.25) is 0 Å². The molecule has 1 saturated carbocycles. The molecule has 2 rings (SSSR count). The van der Waals surface area contributed by atoms with Crippen molar-refractivity contribution < 1.29 is 5.11 Å². The van der Waals surface area contributed by atoms with Crippen LogP contribution in [0.15, 0.2) is 33.7 Å². The van der Waals surface area contributed by atoms with Gasteiger partial charge >= 0.3 is 0 Å². The average Bonchev–Trinajstić information content (AvgIpc) is 3.21. The van der Waals surface area contributed by atoms with E-state index < -0.39 is 5.60 Å². The summed E-state index contributed by atoms with van der Waals surface area (Å²) in [7, 11) is 0. The van der Waals surface area contributed by atoms with E-state index in [0.29, 0.717) is 18.4 Å². The third-order valence-electron chi connectivity index (χ3n) is 3.41. The third-order valence-corrected chi connectivity index (χ3v) is 3.94. The molecule has 0 amide bonds. The van der Waals surface area contributed by atoms with Gasteiger partial charge in [0.25, 0.3) is 0 Å². The fourth-order valence-electron chi connectivity index (χ4n) is 1.87. The summed E-state index contributed by atoms with van der Waals surface area (Å²) in [6.45, 7) is 2.22. The number of rotatable bonds is 5. The second-order valence-electron chi connectivity index (χ2n) is 5.01. The SMILES string of the molecule is CCC(O)(CN=C(N)NC1CC1)c1ccc(Br)cc1. The Morgan fingerprint density at radius 3 is 2.63 bits per heavy atom. The topological polar surface area (TPSA) is 70.6 Å². The molecular formula is C14H20BrN3O. The highest BCUT2D eigenvalue weighted by atomic mass is 79.9. The Morgan fingerprint density at radius 1 is 1.47 bits per heavy atom. The Balaban J connectivity index is 2.06. The number of nitrogens with zero attached hydrogens (tertiary/aromatic N) is 1. The molecule has 1 aromatic rings. The monoisotopic (exact) mass is 325 g/mol. The van der Waals surface area contributed by atoms with Crippen LogP contribution in [-0.4, -0.2) is 23.7 Å². The third kappa shape index (κ3) is 3.94. The van der Waals surface area contributed by atoms with E-state index in [1.54, 1.807) is 0 Å². The van der Waals surface area contributed by atoms with E-state index in [9.17, 15) is 5.11 Å². The van der Waals surface area contributed by atoms with Crippen LogP contribution < -0.4 is 11.1 Å². The van der Waals surface area contributed by atoms with Crippen LogP contribution in [-0.2, 0) is 5.60 Å². The summed E-state index contributed by atoms with van der Waals surface area (Å²) in [5.41, 5.74) is 5.70. The predicted octanol–water partition coefficient (Wildman–Crippen LogP) is 2.11. The molecule has 1 atom stereocenters. The highest BCUT2D eigenvalue weighted by Gasteiger charge is 2.27. The van der Waals surface area contributed by atoms with Crippen LogP contribution in [0.25, 0.3) is 0 Å². The van der Waals surface area contributed by atoms with Crippen molar-refractivity contribution in [3.8, 4) is 0 Å². The molecule has 0 aromatic heterocycles. The molecule has 1 aliphatic carbocycles. The zero-order chi connectivity index (χ0) is 13.9. The van der Waals surface area contributed by atoms with Gasteiger partial charge in [0.05, 0.1) is 6.54 Å². The Kier molecular flexibility index (Phi) is 4.47. The number of nitrogens with two attached hydrogens (primary N) is 1. The first-order valence-corrected chi connectivity index (χ1v) is 7.37. The standard InChI is InChI=1S/C14H20BrN3O/c1-2-14(19,10-3-5-11(15)6-4-10)9-17-13(16)18-12-7-8-12/h3-6,12,19H,2,7-9H2,1H3,(H3,16,17,18). The molecule has 0 saturated heterocycles. The number of benzene rings is 1. The lowest BCUT2D eigenvalue weighted by Crippen LogP contribution is -2.36. The quantitative estimate of drug-likeness (QED) is 0.573. The average molecular weight is 326 g/mol. The van der Waals surface area contributed by atoms with Gasteiger partial charge in [0, 0.05) is 10.5 Å². The summed E-state index contributed by atoms with van der Waals surface area (Å²) >= 11 is 3.39. The normalized spacial score (nSPS) is 19.0. The summed E-state index contributed by atoms with van der Waals surface area (Å²) in [5.74, 6) is 0.423. The zero-order valence-electron chi connectivity index (χ0n) is 11.1. The molecular weight excluding hydrogens is 306 g/mol. The highest BCUT2D eigenvalue weighted by Crippen LogP contribution is 2.26. The number of halogens is 1. The lowest BCUT2D eigenvalue weighted by Gasteiger charge is -2.25. The van der Waals surface area contributed by atoms with E-state index in [4.69, 9.17) is 5.73 Å². The molecule has 4 N–H and O–H groups in total. The second-order valence-corrected chi connectivity index (χ2v) is 5.93. The minimum absolute atomic E-state index is 0.274. The molecule has 0 heterocycles. The van der Waals surface area contributed by atoms with Crippen LogP contribution in [0.1, 0.15) is 31.7 Å². The van der Waals surface area contributed by atoms with E-state index in [1.165, 1.54) is 0 Å². The number of guanidine groups is 1. The number of hydrogen-bond donors (Lipinski definition) is 3. The molecule has 5 heteroatoms. The predicted molar refractivity (Wildman–Crippen MR) is 81.0 cm³/mol. The first kappa shape index (κ1) is 14.3. The van der Waals surface area contributed by atoms with Gasteiger partial charge in [-0.05, 0) is 37.0 Å². The molecule has 0 radical (unpaired) electrons. The van der Waals surface area contributed by atoms with Gasteiger partial charge < -0.3 is 16.2 Å². The molecule has 4 nitrogen and oxygen atoms in total. The second kappa shape index (κ2) is 5.92. The molecule has 1 unspecified atom stereocenters. The molecule has 1 fully saturated rings. The highest BCUT2D eigenvalue weighted by molar-refractivity contribution is 9.10. The van der Waals surface area contributed by atoms with Crippen LogP contribution in [0.2, 0.25) is 0 Å². The fourth-order valence-corrected chi connectivity index (χ4v) is 2.13. The smallest absolute Gasteiger partial charge is 0.188 e. The summed E-state index contributed by atoms with van der Waals surface area (Å²) in [6, 6.07) is 8.14. The fraction of sp³-hybridized carbons (Fsp3) is 0.500. The molecule has 0 bridgehead atoms. The van der Waals surface area contributed by atoms with Crippen LogP contribution in [0.3, 0.4) is 0 Å². The van der Waals surface area contributed by atoms with E-state index in [0.717, 1.165) is 22.9 Å². The number of nitrogens with one attached hydrogen (secondary N) is 1. The first-order chi connectivity index (χ1) is 9.03. The van der Waals surface area contributed by atoms with Crippen LogP contribution in [0.5, 0.6) is 0 Å². The van der Waals surface area contributed by atoms with Crippen LogP contribution in [0, 0.1) is 0 Å². The number of aliphatic imine (C=N–C) groups is 1. The van der Waals surface area contributed by atoms with Crippen molar-refractivity contribution in [3.05, 3.63) is 34.3 Å². The van der Waals surface area contributed by atoms with E-state index in [2.05, 4.69) is 26.2 Å². The largest absolute Gasteiger partial charge is 0.383 e. The molecule has 1 aliphatic rings. The summed E-state index contributed by atoms with van der Waals surface area (Å²) in [4.78, 5) is 4.27. The van der Waals surface area contributed by atoms with Gasteiger partial charge in [-0.25, -0.2) is 0 Å². The maximum absolute atomic E-state index is 10.7. The van der Waals surface area contributed by atoms with Crippen molar-refractivity contribution in [1.82, 2.24) is 5.32 Å². The van der Waals surface area contributed by atoms with E-state index in [-0.39, 0.29) is 6.54 Å². The van der Waals surface area contributed by atoms with E-state index >= 15 is 0 Å². The minimum atomic E-state index is -0.962. The van der Waals surface area contributed by atoms with Crippen molar-refractivity contribution in [2.45, 2.75) is 37.8 Å². The van der Waals surface area contributed by atoms with Gasteiger partial charge in [0.15, 0.2) is 5.96 Å².